The molecule has 0 heterocycles. The molecular weight excluding hydrogens is 258 g/mol. The van der Waals surface area contributed by atoms with Gasteiger partial charge in [0.05, 0.1) is 11.0 Å². The number of nitrogens with one attached hydrogen (secondary N) is 1. The van der Waals surface area contributed by atoms with Crippen molar-refractivity contribution in [2.45, 2.75) is 38.0 Å². The van der Waals surface area contributed by atoms with Crippen LogP contribution in [0.3, 0.4) is 0 Å². The van der Waals surface area contributed by atoms with E-state index in [9.17, 15) is 8.42 Å². The van der Waals surface area contributed by atoms with Crippen LogP contribution in [0, 0.1) is 5.92 Å². The zero-order chi connectivity index (χ0) is 14.0. The van der Waals surface area contributed by atoms with Gasteiger partial charge in [0, 0.05) is 6.04 Å². The first kappa shape index (κ1) is 14.5. The zero-order valence-corrected chi connectivity index (χ0v) is 12.7. The van der Waals surface area contributed by atoms with Crippen LogP contribution in [0.5, 0.6) is 0 Å². The molecular formula is C15H23NO2S. The number of hydrogen-bond donors (Lipinski definition) is 1. The Bertz CT molecular complexity index is 537. The number of fused-ring (bicyclic) bond motifs is 1. The van der Waals surface area contributed by atoms with Crippen LogP contribution in [0.1, 0.15) is 37.4 Å². The highest BCUT2D eigenvalue weighted by molar-refractivity contribution is 7.92. The van der Waals surface area contributed by atoms with Crippen molar-refractivity contribution in [1.29, 1.82) is 0 Å². The largest absolute Gasteiger partial charge is 0.312 e. The molecule has 3 nitrogen and oxygen atoms in total. The standard InChI is InChI=1S/C15H23NO2S/c1-11(2)8-9-19(17,18)14-10-12-6-4-5-7-13(12)15(14)16-3/h4-7,11,14-16H,8-10H2,1-3H3. The summed E-state index contributed by atoms with van der Waals surface area (Å²) in [6.07, 6.45) is 1.38. The summed E-state index contributed by atoms with van der Waals surface area (Å²) >= 11 is 0. The Balaban J connectivity index is 2.23. The Morgan fingerprint density at radius 1 is 1.32 bits per heavy atom. The Morgan fingerprint density at radius 2 is 2.00 bits per heavy atom. The van der Waals surface area contributed by atoms with Crippen molar-refractivity contribution in [3.8, 4) is 0 Å². The third-order valence-corrected chi connectivity index (χ3v) is 6.10. The molecule has 2 atom stereocenters. The van der Waals surface area contributed by atoms with Gasteiger partial charge in [0.15, 0.2) is 9.84 Å². The Labute approximate surface area is 116 Å². The zero-order valence-electron chi connectivity index (χ0n) is 11.9. The molecule has 0 radical (unpaired) electrons. The number of rotatable bonds is 5. The summed E-state index contributed by atoms with van der Waals surface area (Å²) in [6, 6.07) is 7.97. The molecule has 1 aromatic rings. The minimum absolute atomic E-state index is 0.0617. The number of sulfone groups is 1. The van der Waals surface area contributed by atoms with Gasteiger partial charge in [-0.15, -0.1) is 0 Å². The summed E-state index contributed by atoms with van der Waals surface area (Å²) in [6.45, 7) is 4.13. The van der Waals surface area contributed by atoms with Gasteiger partial charge in [-0.25, -0.2) is 8.42 Å². The quantitative estimate of drug-likeness (QED) is 0.901. The predicted octanol–water partition coefficient (Wildman–Crippen LogP) is 2.33. The van der Waals surface area contributed by atoms with E-state index in [0.717, 1.165) is 12.0 Å². The predicted molar refractivity (Wildman–Crippen MR) is 79.0 cm³/mol. The van der Waals surface area contributed by atoms with Gasteiger partial charge in [0.1, 0.15) is 0 Å². The van der Waals surface area contributed by atoms with E-state index < -0.39 is 9.84 Å². The smallest absolute Gasteiger partial charge is 0.155 e. The van der Waals surface area contributed by atoms with Crippen LogP contribution in [-0.4, -0.2) is 26.5 Å². The summed E-state index contributed by atoms with van der Waals surface area (Å²) in [5.74, 6) is 0.716. The second-order valence-corrected chi connectivity index (χ2v) is 8.10. The number of benzene rings is 1. The van der Waals surface area contributed by atoms with Crippen molar-refractivity contribution in [2.24, 2.45) is 5.92 Å². The maximum atomic E-state index is 12.5. The lowest BCUT2D eigenvalue weighted by molar-refractivity contribution is 0.526. The van der Waals surface area contributed by atoms with Gasteiger partial charge in [-0.3, -0.25) is 0 Å². The number of hydrogen-bond acceptors (Lipinski definition) is 3. The maximum absolute atomic E-state index is 12.5. The van der Waals surface area contributed by atoms with Gasteiger partial charge in [-0.1, -0.05) is 38.1 Å². The van der Waals surface area contributed by atoms with Gasteiger partial charge in [0.2, 0.25) is 0 Å². The summed E-state index contributed by atoms with van der Waals surface area (Å²) in [5.41, 5.74) is 2.31. The highest BCUT2D eigenvalue weighted by atomic mass is 32.2. The van der Waals surface area contributed by atoms with E-state index in [1.165, 1.54) is 5.56 Å². The first-order valence-electron chi connectivity index (χ1n) is 6.92. The van der Waals surface area contributed by atoms with Gasteiger partial charge in [-0.2, -0.15) is 0 Å². The molecule has 0 bridgehead atoms. The van der Waals surface area contributed by atoms with Gasteiger partial charge in [0.25, 0.3) is 0 Å². The maximum Gasteiger partial charge on any atom is 0.155 e. The van der Waals surface area contributed by atoms with E-state index in [1.54, 1.807) is 0 Å². The normalized spacial score (nSPS) is 22.7. The molecule has 1 N–H and O–H groups in total. The van der Waals surface area contributed by atoms with Crippen molar-refractivity contribution < 1.29 is 8.42 Å². The minimum atomic E-state index is -3.05. The van der Waals surface area contributed by atoms with Crippen LogP contribution in [0.15, 0.2) is 24.3 Å². The van der Waals surface area contributed by atoms with Gasteiger partial charge in [-0.05, 0) is 36.9 Å². The fourth-order valence-electron chi connectivity index (χ4n) is 2.79. The molecule has 1 aliphatic rings. The van der Waals surface area contributed by atoms with Gasteiger partial charge < -0.3 is 5.32 Å². The second-order valence-electron chi connectivity index (χ2n) is 5.76. The summed E-state index contributed by atoms with van der Waals surface area (Å²) in [5, 5.41) is 2.87. The van der Waals surface area contributed by atoms with E-state index in [-0.39, 0.29) is 11.3 Å². The molecule has 0 saturated carbocycles. The van der Waals surface area contributed by atoms with Crippen molar-refractivity contribution in [1.82, 2.24) is 5.32 Å². The third kappa shape index (κ3) is 3.00. The van der Waals surface area contributed by atoms with Crippen LogP contribution in [0.4, 0.5) is 0 Å². The van der Waals surface area contributed by atoms with Crippen molar-refractivity contribution in [2.75, 3.05) is 12.8 Å². The second kappa shape index (κ2) is 5.63. The lowest BCUT2D eigenvalue weighted by atomic mass is 10.1. The average molecular weight is 281 g/mol. The molecule has 2 rings (SSSR count). The van der Waals surface area contributed by atoms with Crippen LogP contribution in [0.2, 0.25) is 0 Å². The molecule has 19 heavy (non-hydrogen) atoms. The van der Waals surface area contributed by atoms with E-state index in [0.29, 0.717) is 18.1 Å². The molecule has 0 fully saturated rings. The van der Waals surface area contributed by atoms with Crippen LogP contribution < -0.4 is 5.32 Å². The van der Waals surface area contributed by atoms with Crippen LogP contribution in [-0.2, 0) is 16.3 Å². The van der Waals surface area contributed by atoms with Crippen molar-refractivity contribution in [3.63, 3.8) is 0 Å². The third-order valence-electron chi connectivity index (χ3n) is 3.94. The minimum Gasteiger partial charge on any atom is -0.312 e. The average Bonchev–Trinajstić information content (AvgIpc) is 2.76. The van der Waals surface area contributed by atoms with E-state index in [2.05, 4.69) is 19.2 Å². The lowest BCUT2D eigenvalue weighted by Gasteiger charge is -2.20. The van der Waals surface area contributed by atoms with Gasteiger partial charge >= 0.3 is 0 Å². The molecule has 1 aromatic carbocycles. The van der Waals surface area contributed by atoms with Crippen molar-refractivity contribution >= 4 is 9.84 Å². The first-order valence-corrected chi connectivity index (χ1v) is 8.64. The molecule has 2 unspecified atom stereocenters. The topological polar surface area (TPSA) is 46.2 Å². The highest BCUT2D eigenvalue weighted by Gasteiger charge is 2.39. The van der Waals surface area contributed by atoms with Crippen LogP contribution in [0.25, 0.3) is 0 Å². The molecule has 0 spiro atoms. The summed E-state index contributed by atoms with van der Waals surface area (Å²) in [4.78, 5) is 0. The fourth-order valence-corrected chi connectivity index (χ4v) is 5.02. The fraction of sp³-hybridized carbons (Fsp3) is 0.600. The monoisotopic (exact) mass is 281 g/mol. The van der Waals surface area contributed by atoms with Crippen molar-refractivity contribution in [3.05, 3.63) is 35.4 Å². The molecule has 0 aromatic heterocycles. The summed E-state index contributed by atoms with van der Waals surface area (Å²) in [7, 11) is -1.20. The van der Waals surface area contributed by atoms with E-state index in [4.69, 9.17) is 0 Å². The molecule has 0 saturated heterocycles. The molecule has 106 valence electrons. The summed E-state index contributed by atoms with van der Waals surface area (Å²) < 4.78 is 25.1. The lowest BCUT2D eigenvalue weighted by Crippen LogP contribution is -2.34. The molecule has 0 amide bonds. The molecule has 1 aliphatic carbocycles. The first-order chi connectivity index (χ1) is 8.95. The molecule has 0 aliphatic heterocycles. The Kier molecular flexibility index (Phi) is 4.31. The van der Waals surface area contributed by atoms with Crippen LogP contribution >= 0.6 is 0 Å². The Morgan fingerprint density at radius 3 is 2.63 bits per heavy atom. The Hall–Kier alpha value is -0.870. The van der Waals surface area contributed by atoms with E-state index >= 15 is 0 Å². The van der Waals surface area contributed by atoms with E-state index in [1.807, 2.05) is 31.3 Å². The SMILES string of the molecule is CNC1c2ccccc2CC1S(=O)(=O)CCC(C)C. The highest BCUT2D eigenvalue weighted by Crippen LogP contribution is 2.35. The molecule has 4 heteroatoms.